The van der Waals surface area contributed by atoms with Crippen LogP contribution in [0.2, 0.25) is 0 Å². The first kappa shape index (κ1) is 10.7. The molecule has 0 unspecified atom stereocenters. The predicted molar refractivity (Wildman–Crippen MR) is 70.3 cm³/mol. The Balaban J connectivity index is 2.19. The standard InChI is InChI=1S/C12H18N2S/c1-10-9-11(13-2)3-4-12(10)14-5-7-15-8-6-14/h3-4,9,13H,5-8H2,1-2H3. The molecule has 1 heterocycles. The molecule has 0 saturated carbocycles. The number of nitrogens with one attached hydrogen (secondary N) is 1. The molecule has 1 aliphatic rings. The van der Waals surface area contributed by atoms with Crippen LogP contribution >= 0.6 is 11.8 Å². The number of thioether (sulfide) groups is 1. The van der Waals surface area contributed by atoms with E-state index in [2.05, 4.69) is 47.1 Å². The van der Waals surface area contributed by atoms with E-state index < -0.39 is 0 Å². The second kappa shape index (κ2) is 4.79. The molecule has 2 rings (SSSR count). The Morgan fingerprint density at radius 3 is 2.60 bits per heavy atom. The fourth-order valence-electron chi connectivity index (χ4n) is 1.97. The van der Waals surface area contributed by atoms with Crippen LogP contribution in [0.25, 0.3) is 0 Å². The first-order valence-corrected chi connectivity index (χ1v) is 6.58. The van der Waals surface area contributed by atoms with Crippen LogP contribution < -0.4 is 10.2 Å². The lowest BCUT2D eigenvalue weighted by Gasteiger charge is -2.30. The summed E-state index contributed by atoms with van der Waals surface area (Å²) in [7, 11) is 1.96. The van der Waals surface area contributed by atoms with Crippen molar-refractivity contribution in [2.75, 3.05) is 41.9 Å². The van der Waals surface area contributed by atoms with Gasteiger partial charge in [-0.1, -0.05) is 0 Å². The van der Waals surface area contributed by atoms with Gasteiger partial charge in [0, 0.05) is 43.0 Å². The quantitative estimate of drug-likeness (QED) is 0.828. The minimum atomic E-state index is 1.18. The van der Waals surface area contributed by atoms with Crippen LogP contribution in [0.3, 0.4) is 0 Å². The molecule has 0 amide bonds. The van der Waals surface area contributed by atoms with Crippen LogP contribution in [0.4, 0.5) is 11.4 Å². The maximum absolute atomic E-state index is 3.18. The molecule has 0 aliphatic carbocycles. The Morgan fingerprint density at radius 2 is 2.00 bits per heavy atom. The summed E-state index contributed by atoms with van der Waals surface area (Å²) in [6, 6.07) is 6.61. The summed E-state index contributed by atoms with van der Waals surface area (Å²) >= 11 is 2.05. The van der Waals surface area contributed by atoms with E-state index in [0.717, 1.165) is 0 Å². The molecule has 0 bridgehead atoms. The number of nitrogens with zero attached hydrogens (tertiary/aromatic N) is 1. The molecule has 82 valence electrons. The number of hydrogen-bond donors (Lipinski definition) is 1. The van der Waals surface area contributed by atoms with Crippen molar-refractivity contribution in [2.24, 2.45) is 0 Å². The summed E-state index contributed by atoms with van der Waals surface area (Å²) in [5, 5.41) is 3.18. The van der Waals surface area contributed by atoms with Crippen molar-refractivity contribution in [1.82, 2.24) is 0 Å². The van der Waals surface area contributed by atoms with E-state index in [1.54, 1.807) is 0 Å². The maximum atomic E-state index is 3.18. The molecule has 15 heavy (non-hydrogen) atoms. The van der Waals surface area contributed by atoms with Crippen LogP contribution in [0, 0.1) is 6.92 Å². The van der Waals surface area contributed by atoms with Crippen LogP contribution in [-0.4, -0.2) is 31.6 Å². The Labute approximate surface area is 96.0 Å². The molecule has 1 aromatic rings. The fourth-order valence-corrected chi connectivity index (χ4v) is 2.87. The SMILES string of the molecule is CNc1ccc(N2CCSCC2)c(C)c1. The van der Waals surface area contributed by atoms with Gasteiger partial charge < -0.3 is 10.2 Å². The van der Waals surface area contributed by atoms with Gasteiger partial charge in [-0.05, 0) is 30.7 Å². The number of benzene rings is 1. The Bertz CT molecular complexity index is 332. The highest BCUT2D eigenvalue weighted by Crippen LogP contribution is 2.25. The number of aryl methyl sites for hydroxylation is 1. The molecule has 0 spiro atoms. The molecular formula is C12H18N2S. The summed E-state index contributed by atoms with van der Waals surface area (Å²) < 4.78 is 0. The highest BCUT2D eigenvalue weighted by molar-refractivity contribution is 7.99. The fraction of sp³-hybridized carbons (Fsp3) is 0.500. The third-order valence-electron chi connectivity index (χ3n) is 2.84. The van der Waals surface area contributed by atoms with Crippen molar-refractivity contribution >= 4 is 23.1 Å². The molecule has 0 atom stereocenters. The van der Waals surface area contributed by atoms with Gasteiger partial charge in [0.2, 0.25) is 0 Å². The predicted octanol–water partition coefficient (Wildman–Crippen LogP) is 2.59. The zero-order valence-corrected chi connectivity index (χ0v) is 10.2. The van der Waals surface area contributed by atoms with Crippen molar-refractivity contribution in [3.63, 3.8) is 0 Å². The normalized spacial score (nSPS) is 16.5. The smallest absolute Gasteiger partial charge is 0.0397 e. The second-order valence-corrected chi connectivity index (χ2v) is 5.08. The summed E-state index contributed by atoms with van der Waals surface area (Å²) in [6.07, 6.45) is 0. The number of anilines is 2. The minimum absolute atomic E-state index is 1.18. The lowest BCUT2D eigenvalue weighted by molar-refractivity contribution is 0.854. The number of hydrogen-bond acceptors (Lipinski definition) is 3. The highest BCUT2D eigenvalue weighted by atomic mass is 32.2. The van der Waals surface area contributed by atoms with Crippen LogP contribution in [0.1, 0.15) is 5.56 Å². The van der Waals surface area contributed by atoms with Crippen molar-refractivity contribution in [2.45, 2.75) is 6.92 Å². The maximum Gasteiger partial charge on any atom is 0.0397 e. The van der Waals surface area contributed by atoms with Crippen molar-refractivity contribution < 1.29 is 0 Å². The first-order chi connectivity index (χ1) is 7.31. The topological polar surface area (TPSA) is 15.3 Å². The molecule has 2 nitrogen and oxygen atoms in total. The van der Waals surface area contributed by atoms with Gasteiger partial charge in [0.15, 0.2) is 0 Å². The molecule has 1 N–H and O–H groups in total. The van der Waals surface area contributed by atoms with E-state index in [4.69, 9.17) is 0 Å². The summed E-state index contributed by atoms with van der Waals surface area (Å²) in [6.45, 7) is 4.56. The second-order valence-electron chi connectivity index (χ2n) is 3.85. The van der Waals surface area contributed by atoms with Crippen molar-refractivity contribution in [1.29, 1.82) is 0 Å². The Kier molecular flexibility index (Phi) is 3.41. The molecule has 1 aromatic carbocycles. The monoisotopic (exact) mass is 222 g/mol. The summed E-state index contributed by atoms with van der Waals surface area (Å²) in [5.74, 6) is 2.51. The van der Waals surface area contributed by atoms with E-state index in [1.165, 1.54) is 41.5 Å². The largest absolute Gasteiger partial charge is 0.388 e. The van der Waals surface area contributed by atoms with E-state index in [1.807, 2.05) is 7.05 Å². The zero-order valence-electron chi connectivity index (χ0n) is 9.42. The number of rotatable bonds is 2. The summed E-state index contributed by atoms with van der Waals surface area (Å²) in [5.41, 5.74) is 3.96. The van der Waals surface area contributed by atoms with Gasteiger partial charge in [0.05, 0.1) is 0 Å². The minimum Gasteiger partial charge on any atom is -0.388 e. The average molecular weight is 222 g/mol. The van der Waals surface area contributed by atoms with Crippen molar-refractivity contribution in [3.8, 4) is 0 Å². The van der Waals surface area contributed by atoms with E-state index in [9.17, 15) is 0 Å². The van der Waals surface area contributed by atoms with E-state index in [0.29, 0.717) is 0 Å². The molecular weight excluding hydrogens is 204 g/mol. The van der Waals surface area contributed by atoms with E-state index in [-0.39, 0.29) is 0 Å². The van der Waals surface area contributed by atoms with Gasteiger partial charge in [0.1, 0.15) is 0 Å². The van der Waals surface area contributed by atoms with Gasteiger partial charge in [-0.2, -0.15) is 11.8 Å². The van der Waals surface area contributed by atoms with Crippen LogP contribution in [0.15, 0.2) is 18.2 Å². The third kappa shape index (κ3) is 2.40. The van der Waals surface area contributed by atoms with Crippen LogP contribution in [-0.2, 0) is 0 Å². The average Bonchev–Trinajstić information content (AvgIpc) is 2.30. The molecule has 0 aromatic heterocycles. The summed E-state index contributed by atoms with van der Waals surface area (Å²) in [4.78, 5) is 2.49. The molecule has 1 saturated heterocycles. The highest BCUT2D eigenvalue weighted by Gasteiger charge is 2.12. The van der Waals surface area contributed by atoms with Gasteiger partial charge in [-0.15, -0.1) is 0 Å². The van der Waals surface area contributed by atoms with E-state index >= 15 is 0 Å². The lowest BCUT2D eigenvalue weighted by atomic mass is 10.1. The molecule has 1 fully saturated rings. The first-order valence-electron chi connectivity index (χ1n) is 5.42. The van der Waals surface area contributed by atoms with Gasteiger partial charge >= 0.3 is 0 Å². The van der Waals surface area contributed by atoms with Crippen molar-refractivity contribution in [3.05, 3.63) is 23.8 Å². The Hall–Kier alpha value is -0.830. The van der Waals surface area contributed by atoms with Crippen LogP contribution in [0.5, 0.6) is 0 Å². The van der Waals surface area contributed by atoms with Gasteiger partial charge in [0.25, 0.3) is 0 Å². The third-order valence-corrected chi connectivity index (χ3v) is 3.78. The molecule has 3 heteroatoms. The zero-order chi connectivity index (χ0) is 10.7. The molecule has 0 radical (unpaired) electrons. The lowest BCUT2D eigenvalue weighted by Crippen LogP contribution is -2.32. The Morgan fingerprint density at radius 1 is 1.27 bits per heavy atom. The van der Waals surface area contributed by atoms with Gasteiger partial charge in [-0.3, -0.25) is 0 Å². The molecule has 1 aliphatic heterocycles. The van der Waals surface area contributed by atoms with Gasteiger partial charge in [-0.25, -0.2) is 0 Å².